The molecular formula is C15H12N2. The second kappa shape index (κ2) is 3.98. The minimum absolute atomic E-state index is 0.995. The van der Waals surface area contributed by atoms with Crippen LogP contribution in [0.4, 0.5) is 0 Å². The smallest absolute Gasteiger partial charge is 0.0738 e. The van der Waals surface area contributed by atoms with Crippen LogP contribution in [0, 0.1) is 6.92 Å². The number of aromatic nitrogens is 2. The number of benzene rings is 1. The molecule has 0 atom stereocenters. The highest BCUT2D eigenvalue weighted by Crippen LogP contribution is 2.22. The lowest BCUT2D eigenvalue weighted by atomic mass is 10.1. The standard InChI is InChI=1S/C15H12N2/c1-11-3-2-4-13-5-6-14(17-15(11)13)12-7-9-16-10-8-12/h2-10H,1H3. The average molecular weight is 220 g/mol. The lowest BCUT2D eigenvalue weighted by molar-refractivity contribution is 1.30. The molecule has 0 fully saturated rings. The highest BCUT2D eigenvalue weighted by atomic mass is 14.7. The minimum atomic E-state index is 0.995. The summed E-state index contributed by atoms with van der Waals surface area (Å²) in [6, 6.07) is 14.4. The van der Waals surface area contributed by atoms with Crippen LogP contribution in [-0.4, -0.2) is 9.97 Å². The number of aryl methyl sites for hydroxylation is 1. The molecule has 0 bridgehead atoms. The Kier molecular flexibility index (Phi) is 2.33. The summed E-state index contributed by atoms with van der Waals surface area (Å²) in [6.07, 6.45) is 3.58. The molecule has 0 N–H and O–H groups in total. The van der Waals surface area contributed by atoms with Crippen LogP contribution < -0.4 is 0 Å². The molecule has 0 unspecified atom stereocenters. The molecule has 0 aliphatic rings. The van der Waals surface area contributed by atoms with Crippen molar-refractivity contribution in [2.75, 3.05) is 0 Å². The first-order valence-electron chi connectivity index (χ1n) is 5.61. The van der Waals surface area contributed by atoms with Crippen molar-refractivity contribution in [3.8, 4) is 11.3 Å². The maximum Gasteiger partial charge on any atom is 0.0738 e. The van der Waals surface area contributed by atoms with E-state index in [0.29, 0.717) is 0 Å². The van der Waals surface area contributed by atoms with Gasteiger partial charge in [0.1, 0.15) is 0 Å². The van der Waals surface area contributed by atoms with Crippen LogP contribution in [0.2, 0.25) is 0 Å². The first-order chi connectivity index (χ1) is 8.34. The predicted molar refractivity (Wildman–Crippen MR) is 69.7 cm³/mol. The minimum Gasteiger partial charge on any atom is -0.265 e. The van der Waals surface area contributed by atoms with E-state index in [1.807, 2.05) is 12.1 Å². The zero-order valence-electron chi connectivity index (χ0n) is 9.59. The molecule has 82 valence electrons. The van der Waals surface area contributed by atoms with Gasteiger partial charge in [0.15, 0.2) is 0 Å². The van der Waals surface area contributed by atoms with Crippen molar-refractivity contribution >= 4 is 10.9 Å². The molecular weight excluding hydrogens is 208 g/mol. The third-order valence-electron chi connectivity index (χ3n) is 2.90. The Morgan fingerprint density at radius 2 is 1.71 bits per heavy atom. The summed E-state index contributed by atoms with van der Waals surface area (Å²) < 4.78 is 0. The Bertz CT molecular complexity index is 660. The normalized spacial score (nSPS) is 10.6. The monoisotopic (exact) mass is 220 g/mol. The Balaban J connectivity index is 2.23. The number of fused-ring (bicyclic) bond motifs is 1. The van der Waals surface area contributed by atoms with E-state index in [2.05, 4.69) is 42.2 Å². The number of nitrogens with zero attached hydrogens (tertiary/aromatic N) is 2. The predicted octanol–water partition coefficient (Wildman–Crippen LogP) is 3.61. The van der Waals surface area contributed by atoms with Crippen molar-refractivity contribution < 1.29 is 0 Å². The molecule has 2 heteroatoms. The lowest BCUT2D eigenvalue weighted by Crippen LogP contribution is -1.87. The van der Waals surface area contributed by atoms with Crippen molar-refractivity contribution in [2.45, 2.75) is 6.92 Å². The Morgan fingerprint density at radius 1 is 0.882 bits per heavy atom. The molecule has 1 aromatic carbocycles. The van der Waals surface area contributed by atoms with Gasteiger partial charge in [-0.2, -0.15) is 0 Å². The van der Waals surface area contributed by atoms with E-state index in [1.54, 1.807) is 12.4 Å². The highest BCUT2D eigenvalue weighted by Gasteiger charge is 2.02. The second-order valence-electron chi connectivity index (χ2n) is 4.08. The van der Waals surface area contributed by atoms with Gasteiger partial charge >= 0.3 is 0 Å². The van der Waals surface area contributed by atoms with Gasteiger partial charge in [-0.3, -0.25) is 4.98 Å². The van der Waals surface area contributed by atoms with E-state index >= 15 is 0 Å². The van der Waals surface area contributed by atoms with Gasteiger partial charge in [-0.05, 0) is 30.7 Å². The van der Waals surface area contributed by atoms with Crippen LogP contribution in [0.1, 0.15) is 5.56 Å². The summed E-state index contributed by atoms with van der Waals surface area (Å²) in [6.45, 7) is 2.09. The topological polar surface area (TPSA) is 25.8 Å². The first-order valence-corrected chi connectivity index (χ1v) is 5.61. The zero-order valence-corrected chi connectivity index (χ0v) is 9.59. The van der Waals surface area contributed by atoms with Crippen LogP contribution >= 0.6 is 0 Å². The molecule has 2 nitrogen and oxygen atoms in total. The molecule has 0 aliphatic heterocycles. The Labute approximate surface area is 100.0 Å². The molecule has 0 spiro atoms. The third-order valence-corrected chi connectivity index (χ3v) is 2.90. The van der Waals surface area contributed by atoms with E-state index in [0.717, 1.165) is 16.8 Å². The quantitative estimate of drug-likeness (QED) is 0.626. The number of hydrogen-bond donors (Lipinski definition) is 0. The maximum atomic E-state index is 4.72. The van der Waals surface area contributed by atoms with Crippen molar-refractivity contribution in [1.82, 2.24) is 9.97 Å². The van der Waals surface area contributed by atoms with Gasteiger partial charge in [-0.15, -0.1) is 0 Å². The van der Waals surface area contributed by atoms with E-state index in [1.165, 1.54) is 10.9 Å². The van der Waals surface area contributed by atoms with Crippen molar-refractivity contribution in [3.63, 3.8) is 0 Å². The summed E-state index contributed by atoms with van der Waals surface area (Å²) in [5.41, 5.74) is 4.37. The third kappa shape index (κ3) is 1.78. The molecule has 3 rings (SSSR count). The van der Waals surface area contributed by atoms with Gasteiger partial charge in [0.2, 0.25) is 0 Å². The summed E-state index contributed by atoms with van der Waals surface area (Å²) in [5, 5.41) is 1.18. The average Bonchev–Trinajstić information content (AvgIpc) is 2.40. The van der Waals surface area contributed by atoms with Crippen molar-refractivity contribution in [1.29, 1.82) is 0 Å². The summed E-state index contributed by atoms with van der Waals surface area (Å²) in [4.78, 5) is 8.74. The molecule has 3 aromatic rings. The molecule has 2 aromatic heterocycles. The molecule has 2 heterocycles. The van der Waals surface area contributed by atoms with Crippen molar-refractivity contribution in [3.05, 3.63) is 60.4 Å². The molecule has 0 saturated carbocycles. The fourth-order valence-corrected chi connectivity index (χ4v) is 1.98. The van der Waals surface area contributed by atoms with E-state index in [-0.39, 0.29) is 0 Å². The Morgan fingerprint density at radius 3 is 2.53 bits per heavy atom. The van der Waals surface area contributed by atoms with E-state index < -0.39 is 0 Å². The fraction of sp³-hybridized carbons (Fsp3) is 0.0667. The first kappa shape index (κ1) is 9.97. The summed E-state index contributed by atoms with van der Waals surface area (Å²) in [7, 11) is 0. The molecule has 0 aliphatic carbocycles. The van der Waals surface area contributed by atoms with Crippen LogP contribution in [0.3, 0.4) is 0 Å². The number of rotatable bonds is 1. The van der Waals surface area contributed by atoms with Gasteiger partial charge in [0.05, 0.1) is 11.2 Å². The van der Waals surface area contributed by atoms with E-state index in [9.17, 15) is 0 Å². The van der Waals surface area contributed by atoms with Crippen LogP contribution in [0.25, 0.3) is 22.2 Å². The molecule has 0 saturated heterocycles. The van der Waals surface area contributed by atoms with Crippen LogP contribution in [0.5, 0.6) is 0 Å². The molecule has 17 heavy (non-hydrogen) atoms. The second-order valence-corrected chi connectivity index (χ2v) is 4.08. The van der Waals surface area contributed by atoms with E-state index in [4.69, 9.17) is 4.98 Å². The van der Waals surface area contributed by atoms with Crippen molar-refractivity contribution in [2.24, 2.45) is 0 Å². The number of hydrogen-bond acceptors (Lipinski definition) is 2. The SMILES string of the molecule is Cc1cccc2ccc(-c3ccncc3)nc12. The van der Waals surface area contributed by atoms with Gasteiger partial charge < -0.3 is 0 Å². The van der Waals surface area contributed by atoms with Crippen LogP contribution in [-0.2, 0) is 0 Å². The fourth-order valence-electron chi connectivity index (χ4n) is 1.98. The van der Waals surface area contributed by atoms with Crippen LogP contribution in [0.15, 0.2) is 54.9 Å². The number of para-hydroxylation sites is 1. The Hall–Kier alpha value is -2.22. The number of pyridine rings is 2. The van der Waals surface area contributed by atoms with Gasteiger partial charge in [0.25, 0.3) is 0 Å². The molecule has 0 amide bonds. The zero-order chi connectivity index (χ0) is 11.7. The summed E-state index contributed by atoms with van der Waals surface area (Å²) in [5.74, 6) is 0. The summed E-state index contributed by atoms with van der Waals surface area (Å²) >= 11 is 0. The van der Waals surface area contributed by atoms with Gasteiger partial charge in [-0.25, -0.2) is 4.98 Å². The van der Waals surface area contributed by atoms with Gasteiger partial charge in [-0.1, -0.05) is 24.3 Å². The highest BCUT2D eigenvalue weighted by molar-refractivity contribution is 5.84. The molecule has 0 radical (unpaired) electrons. The largest absolute Gasteiger partial charge is 0.265 e. The lowest BCUT2D eigenvalue weighted by Gasteiger charge is -2.04. The maximum absolute atomic E-state index is 4.72. The van der Waals surface area contributed by atoms with Gasteiger partial charge in [0, 0.05) is 23.3 Å².